The topological polar surface area (TPSA) is 51.3 Å². The van der Waals surface area contributed by atoms with E-state index in [4.69, 9.17) is 0 Å². The number of fused-ring (bicyclic) bond motifs is 3. The molecule has 1 N–H and O–H groups in total. The summed E-state index contributed by atoms with van der Waals surface area (Å²) in [5.74, 6) is 0.353. The second kappa shape index (κ2) is 5.06. The number of aromatic nitrogens is 3. The van der Waals surface area contributed by atoms with Crippen molar-refractivity contribution in [2.75, 3.05) is 6.54 Å². The summed E-state index contributed by atoms with van der Waals surface area (Å²) >= 11 is 0. The Balaban J connectivity index is 1.90. The molecular weight excluding hydrogens is 283 g/mol. The van der Waals surface area contributed by atoms with Gasteiger partial charge >= 0.3 is 0 Å². The molecule has 4 rings (SSSR count). The standard InChI is InChI=1S/C16H15FN4O/c17-12-3-1-11(2-4-12)10-21-15(22)13-9-18-6-5-14(13)20-8-7-19-16(20)21/h1-4,7-8,18H,5-6,9-10H2. The van der Waals surface area contributed by atoms with Crippen molar-refractivity contribution in [1.29, 1.82) is 0 Å². The summed E-state index contributed by atoms with van der Waals surface area (Å²) in [6.45, 7) is 1.82. The highest BCUT2D eigenvalue weighted by atomic mass is 19.1. The van der Waals surface area contributed by atoms with Gasteiger partial charge in [-0.05, 0) is 17.7 Å². The Kier molecular flexibility index (Phi) is 3.04. The number of hydrogen-bond donors (Lipinski definition) is 1. The van der Waals surface area contributed by atoms with Crippen molar-refractivity contribution in [2.45, 2.75) is 19.5 Å². The van der Waals surface area contributed by atoms with Gasteiger partial charge < -0.3 is 5.32 Å². The SMILES string of the molecule is O=c1c2c(n3ccnc3n1Cc1ccc(F)cc1)CCNC2. The predicted molar refractivity (Wildman–Crippen MR) is 80.4 cm³/mol. The molecule has 0 amide bonds. The first kappa shape index (κ1) is 13.2. The van der Waals surface area contributed by atoms with E-state index in [1.165, 1.54) is 12.1 Å². The lowest BCUT2D eigenvalue weighted by Gasteiger charge is -2.20. The van der Waals surface area contributed by atoms with Gasteiger partial charge in [0.15, 0.2) is 0 Å². The first-order valence-electron chi connectivity index (χ1n) is 7.27. The molecule has 3 aromatic rings. The van der Waals surface area contributed by atoms with E-state index in [2.05, 4.69) is 10.3 Å². The number of imidazole rings is 1. The number of hydrogen-bond acceptors (Lipinski definition) is 3. The van der Waals surface area contributed by atoms with E-state index >= 15 is 0 Å². The van der Waals surface area contributed by atoms with Gasteiger partial charge in [0.1, 0.15) is 5.82 Å². The molecule has 112 valence electrons. The van der Waals surface area contributed by atoms with Gasteiger partial charge in [-0.2, -0.15) is 0 Å². The molecule has 0 bridgehead atoms. The minimum Gasteiger partial charge on any atom is -0.312 e. The highest BCUT2D eigenvalue weighted by molar-refractivity contribution is 5.38. The largest absolute Gasteiger partial charge is 0.312 e. The second-order valence-corrected chi connectivity index (χ2v) is 5.47. The molecular formula is C16H15FN4O. The Hall–Kier alpha value is -2.47. The number of nitrogens with zero attached hydrogens (tertiary/aromatic N) is 3. The van der Waals surface area contributed by atoms with Crippen LogP contribution in [0.4, 0.5) is 4.39 Å². The van der Waals surface area contributed by atoms with Crippen molar-refractivity contribution in [3.8, 4) is 0 Å². The normalized spacial score (nSPS) is 14.2. The van der Waals surface area contributed by atoms with Crippen LogP contribution in [0, 0.1) is 5.82 Å². The highest BCUT2D eigenvalue weighted by Gasteiger charge is 2.19. The zero-order valence-electron chi connectivity index (χ0n) is 11.9. The van der Waals surface area contributed by atoms with Crippen molar-refractivity contribution in [1.82, 2.24) is 19.3 Å². The van der Waals surface area contributed by atoms with Gasteiger partial charge in [0, 0.05) is 37.6 Å². The van der Waals surface area contributed by atoms with E-state index in [0.29, 0.717) is 18.9 Å². The van der Waals surface area contributed by atoms with Crippen LogP contribution in [0.15, 0.2) is 41.5 Å². The first-order chi connectivity index (χ1) is 10.7. The average Bonchev–Trinajstić information content (AvgIpc) is 3.03. The van der Waals surface area contributed by atoms with Crippen molar-refractivity contribution in [3.63, 3.8) is 0 Å². The third-order valence-corrected chi connectivity index (χ3v) is 4.10. The van der Waals surface area contributed by atoms with Crippen LogP contribution in [-0.2, 0) is 19.5 Å². The molecule has 3 heterocycles. The van der Waals surface area contributed by atoms with E-state index < -0.39 is 0 Å². The molecule has 1 aromatic carbocycles. The molecule has 22 heavy (non-hydrogen) atoms. The minimum absolute atomic E-state index is 0.0229. The molecule has 0 atom stereocenters. The van der Waals surface area contributed by atoms with E-state index in [0.717, 1.165) is 29.8 Å². The van der Waals surface area contributed by atoms with Crippen molar-refractivity contribution in [3.05, 3.63) is 69.7 Å². The smallest absolute Gasteiger partial charge is 0.259 e. The molecule has 0 aliphatic carbocycles. The van der Waals surface area contributed by atoms with Crippen LogP contribution in [0.3, 0.4) is 0 Å². The van der Waals surface area contributed by atoms with Gasteiger partial charge in [0.05, 0.1) is 12.1 Å². The lowest BCUT2D eigenvalue weighted by atomic mass is 10.1. The summed E-state index contributed by atoms with van der Waals surface area (Å²) in [4.78, 5) is 17.1. The predicted octanol–water partition coefficient (Wildman–Crippen LogP) is 1.33. The Morgan fingerprint density at radius 3 is 2.91 bits per heavy atom. The average molecular weight is 298 g/mol. The zero-order chi connectivity index (χ0) is 15.1. The lowest BCUT2D eigenvalue weighted by Crippen LogP contribution is -2.36. The minimum atomic E-state index is -0.281. The lowest BCUT2D eigenvalue weighted by molar-refractivity contribution is 0.596. The maximum Gasteiger partial charge on any atom is 0.259 e. The van der Waals surface area contributed by atoms with Gasteiger partial charge in [-0.1, -0.05) is 12.1 Å². The van der Waals surface area contributed by atoms with Gasteiger partial charge in [-0.3, -0.25) is 13.8 Å². The van der Waals surface area contributed by atoms with Crippen LogP contribution in [0.5, 0.6) is 0 Å². The molecule has 5 nitrogen and oxygen atoms in total. The Bertz CT molecular complexity index is 895. The molecule has 0 unspecified atom stereocenters. The summed E-state index contributed by atoms with van der Waals surface area (Å²) in [5.41, 5.74) is 2.67. The molecule has 6 heteroatoms. The monoisotopic (exact) mass is 298 g/mol. The van der Waals surface area contributed by atoms with Crippen LogP contribution < -0.4 is 10.9 Å². The summed E-state index contributed by atoms with van der Waals surface area (Å²) < 4.78 is 16.7. The summed E-state index contributed by atoms with van der Waals surface area (Å²) in [7, 11) is 0. The zero-order valence-corrected chi connectivity index (χ0v) is 11.9. The van der Waals surface area contributed by atoms with Crippen molar-refractivity contribution in [2.24, 2.45) is 0 Å². The van der Waals surface area contributed by atoms with Gasteiger partial charge in [0.2, 0.25) is 5.78 Å². The number of halogens is 1. The summed E-state index contributed by atoms with van der Waals surface area (Å²) in [6, 6.07) is 6.20. The first-order valence-corrected chi connectivity index (χ1v) is 7.27. The van der Waals surface area contributed by atoms with Crippen LogP contribution in [-0.4, -0.2) is 20.5 Å². The number of rotatable bonds is 2. The fraction of sp³-hybridized carbons (Fsp3) is 0.250. The van der Waals surface area contributed by atoms with E-state index in [1.807, 2.05) is 10.6 Å². The maximum atomic E-state index is 13.0. The number of nitrogens with one attached hydrogen (secondary N) is 1. The molecule has 1 aliphatic heterocycles. The van der Waals surface area contributed by atoms with Crippen molar-refractivity contribution < 1.29 is 4.39 Å². The van der Waals surface area contributed by atoms with Crippen LogP contribution >= 0.6 is 0 Å². The summed E-state index contributed by atoms with van der Waals surface area (Å²) in [5, 5.41) is 3.24. The quantitative estimate of drug-likeness (QED) is 0.776. The second-order valence-electron chi connectivity index (χ2n) is 5.47. The third kappa shape index (κ3) is 2.03. The van der Waals surface area contributed by atoms with E-state index in [9.17, 15) is 9.18 Å². The fourth-order valence-electron chi connectivity index (χ4n) is 3.01. The molecule has 1 aliphatic rings. The van der Waals surface area contributed by atoms with E-state index in [1.54, 1.807) is 22.9 Å². The van der Waals surface area contributed by atoms with Crippen LogP contribution in [0.25, 0.3) is 5.78 Å². The van der Waals surface area contributed by atoms with Gasteiger partial charge in [-0.25, -0.2) is 9.37 Å². The third-order valence-electron chi connectivity index (χ3n) is 4.10. The summed E-state index contributed by atoms with van der Waals surface area (Å²) in [6.07, 6.45) is 4.41. The Morgan fingerprint density at radius 2 is 2.09 bits per heavy atom. The van der Waals surface area contributed by atoms with Crippen molar-refractivity contribution >= 4 is 5.78 Å². The Morgan fingerprint density at radius 1 is 1.27 bits per heavy atom. The number of benzene rings is 1. The molecule has 0 fully saturated rings. The van der Waals surface area contributed by atoms with Gasteiger partial charge in [0.25, 0.3) is 5.56 Å². The molecule has 0 saturated heterocycles. The molecule has 0 spiro atoms. The maximum absolute atomic E-state index is 13.0. The molecule has 0 saturated carbocycles. The Labute approximate surface area is 126 Å². The molecule has 0 radical (unpaired) electrons. The van der Waals surface area contributed by atoms with Crippen LogP contribution in [0.2, 0.25) is 0 Å². The molecule has 2 aromatic heterocycles. The van der Waals surface area contributed by atoms with Crippen LogP contribution in [0.1, 0.15) is 16.8 Å². The van der Waals surface area contributed by atoms with Gasteiger partial charge in [-0.15, -0.1) is 0 Å². The fourth-order valence-corrected chi connectivity index (χ4v) is 3.01. The highest BCUT2D eigenvalue weighted by Crippen LogP contribution is 2.14. The van der Waals surface area contributed by atoms with E-state index in [-0.39, 0.29) is 11.4 Å².